The SMILES string of the molecule is NCC(NCCCCCO)c1ccc(Br)c(F)c1. The number of unbranched alkanes of at least 4 members (excludes halogenated alkanes) is 2. The molecule has 0 radical (unpaired) electrons. The molecule has 1 unspecified atom stereocenters. The third-order valence-corrected chi connectivity index (χ3v) is 3.45. The van der Waals surface area contributed by atoms with E-state index in [0.717, 1.165) is 31.4 Å². The quantitative estimate of drug-likeness (QED) is 0.645. The van der Waals surface area contributed by atoms with Crippen molar-refractivity contribution in [3.8, 4) is 0 Å². The molecule has 1 atom stereocenters. The lowest BCUT2D eigenvalue weighted by Gasteiger charge is -2.17. The highest BCUT2D eigenvalue weighted by molar-refractivity contribution is 9.10. The fraction of sp³-hybridized carbons (Fsp3) is 0.538. The number of aliphatic hydroxyl groups is 1. The Morgan fingerprint density at radius 1 is 1.33 bits per heavy atom. The van der Waals surface area contributed by atoms with Gasteiger partial charge in [0.25, 0.3) is 0 Å². The highest BCUT2D eigenvalue weighted by Gasteiger charge is 2.10. The van der Waals surface area contributed by atoms with Gasteiger partial charge in [-0.3, -0.25) is 0 Å². The van der Waals surface area contributed by atoms with Crippen molar-refractivity contribution in [2.45, 2.75) is 25.3 Å². The minimum atomic E-state index is -0.270. The molecule has 0 fully saturated rings. The predicted molar refractivity (Wildman–Crippen MR) is 74.8 cm³/mol. The molecule has 1 rings (SSSR count). The highest BCUT2D eigenvalue weighted by Crippen LogP contribution is 2.20. The summed E-state index contributed by atoms with van der Waals surface area (Å²) < 4.78 is 13.9. The lowest BCUT2D eigenvalue weighted by molar-refractivity contribution is 0.282. The number of nitrogens with one attached hydrogen (secondary N) is 1. The molecule has 0 spiro atoms. The summed E-state index contributed by atoms with van der Waals surface area (Å²) in [7, 11) is 0. The van der Waals surface area contributed by atoms with Crippen LogP contribution in [0.4, 0.5) is 4.39 Å². The third kappa shape index (κ3) is 5.02. The zero-order valence-corrected chi connectivity index (χ0v) is 11.9. The standard InChI is InChI=1S/C13H20BrFN2O/c14-11-5-4-10(8-12(11)15)13(9-16)17-6-2-1-3-7-18/h4-5,8,13,17-18H,1-3,6-7,9,16H2. The van der Waals surface area contributed by atoms with Gasteiger partial charge in [0, 0.05) is 19.2 Å². The molecule has 18 heavy (non-hydrogen) atoms. The van der Waals surface area contributed by atoms with Crippen LogP contribution in [-0.2, 0) is 0 Å². The molecule has 4 N–H and O–H groups in total. The van der Waals surface area contributed by atoms with E-state index in [0.29, 0.717) is 11.0 Å². The Bertz CT molecular complexity index is 363. The van der Waals surface area contributed by atoms with Crippen LogP contribution < -0.4 is 11.1 Å². The van der Waals surface area contributed by atoms with Crippen molar-refractivity contribution >= 4 is 15.9 Å². The van der Waals surface area contributed by atoms with Gasteiger partial charge in [-0.05, 0) is 59.4 Å². The number of halogens is 2. The molecule has 0 aliphatic carbocycles. The van der Waals surface area contributed by atoms with Gasteiger partial charge < -0.3 is 16.2 Å². The maximum Gasteiger partial charge on any atom is 0.137 e. The van der Waals surface area contributed by atoms with E-state index in [2.05, 4.69) is 21.2 Å². The van der Waals surface area contributed by atoms with E-state index in [4.69, 9.17) is 10.8 Å². The Hall–Kier alpha value is -0.490. The van der Waals surface area contributed by atoms with Crippen LogP contribution in [0, 0.1) is 5.82 Å². The molecule has 0 saturated carbocycles. The van der Waals surface area contributed by atoms with Crippen LogP contribution in [-0.4, -0.2) is 24.8 Å². The lowest BCUT2D eigenvalue weighted by atomic mass is 10.1. The van der Waals surface area contributed by atoms with Gasteiger partial charge in [-0.1, -0.05) is 6.07 Å². The molecule has 0 aromatic heterocycles. The number of hydrogen-bond acceptors (Lipinski definition) is 3. The Kier molecular flexibility index (Phi) is 7.42. The number of benzene rings is 1. The van der Waals surface area contributed by atoms with Crippen LogP contribution in [0.5, 0.6) is 0 Å². The van der Waals surface area contributed by atoms with E-state index in [1.54, 1.807) is 6.07 Å². The predicted octanol–water partition coefficient (Wildman–Crippen LogP) is 2.34. The van der Waals surface area contributed by atoms with Gasteiger partial charge in [0.1, 0.15) is 5.82 Å². The number of aliphatic hydroxyl groups excluding tert-OH is 1. The summed E-state index contributed by atoms with van der Waals surface area (Å²) in [6.45, 7) is 1.48. The molecule has 3 nitrogen and oxygen atoms in total. The number of nitrogens with two attached hydrogens (primary N) is 1. The fourth-order valence-electron chi connectivity index (χ4n) is 1.76. The second-order valence-corrected chi connectivity index (χ2v) is 5.05. The van der Waals surface area contributed by atoms with Gasteiger partial charge in [-0.25, -0.2) is 4.39 Å². The highest BCUT2D eigenvalue weighted by atomic mass is 79.9. The molecule has 102 valence electrons. The average molecular weight is 319 g/mol. The summed E-state index contributed by atoms with van der Waals surface area (Å²) in [5.74, 6) is -0.270. The van der Waals surface area contributed by atoms with E-state index < -0.39 is 0 Å². The third-order valence-electron chi connectivity index (χ3n) is 2.81. The summed E-state index contributed by atoms with van der Waals surface area (Å²) in [6, 6.07) is 5.04. The van der Waals surface area contributed by atoms with Gasteiger partial charge in [0.05, 0.1) is 4.47 Å². The Balaban J connectivity index is 2.47. The molecule has 5 heteroatoms. The Morgan fingerprint density at radius 2 is 2.11 bits per heavy atom. The Morgan fingerprint density at radius 3 is 2.72 bits per heavy atom. The molecule has 1 aromatic carbocycles. The zero-order valence-electron chi connectivity index (χ0n) is 10.3. The molecular formula is C13H20BrFN2O. The van der Waals surface area contributed by atoms with Crippen LogP contribution in [0.3, 0.4) is 0 Å². The normalized spacial score (nSPS) is 12.7. The molecule has 0 aliphatic rings. The zero-order chi connectivity index (χ0) is 13.4. The van der Waals surface area contributed by atoms with Gasteiger partial charge in [-0.15, -0.1) is 0 Å². The maximum atomic E-state index is 13.4. The largest absolute Gasteiger partial charge is 0.396 e. The van der Waals surface area contributed by atoms with Crippen LogP contribution in [0.15, 0.2) is 22.7 Å². The molecule has 1 aromatic rings. The monoisotopic (exact) mass is 318 g/mol. The van der Waals surface area contributed by atoms with E-state index >= 15 is 0 Å². The Labute approximate surface area is 116 Å². The second kappa shape index (κ2) is 8.58. The van der Waals surface area contributed by atoms with Crippen molar-refractivity contribution in [2.75, 3.05) is 19.7 Å². The minimum Gasteiger partial charge on any atom is -0.396 e. The van der Waals surface area contributed by atoms with Crippen molar-refractivity contribution in [2.24, 2.45) is 5.73 Å². The van der Waals surface area contributed by atoms with E-state index in [9.17, 15) is 4.39 Å². The van der Waals surface area contributed by atoms with Crippen LogP contribution in [0.1, 0.15) is 30.9 Å². The van der Waals surface area contributed by atoms with Crippen LogP contribution >= 0.6 is 15.9 Å². The topological polar surface area (TPSA) is 58.3 Å². The summed E-state index contributed by atoms with van der Waals surface area (Å²) in [4.78, 5) is 0. The summed E-state index contributed by atoms with van der Waals surface area (Å²) >= 11 is 3.13. The van der Waals surface area contributed by atoms with Crippen LogP contribution in [0.2, 0.25) is 0 Å². The summed E-state index contributed by atoms with van der Waals surface area (Å²) in [5.41, 5.74) is 6.56. The average Bonchev–Trinajstić information content (AvgIpc) is 2.37. The lowest BCUT2D eigenvalue weighted by Crippen LogP contribution is -2.29. The summed E-state index contributed by atoms with van der Waals surface area (Å²) in [6.07, 6.45) is 2.79. The van der Waals surface area contributed by atoms with Gasteiger partial charge >= 0.3 is 0 Å². The van der Waals surface area contributed by atoms with Gasteiger partial charge in [0.2, 0.25) is 0 Å². The number of rotatable bonds is 8. The van der Waals surface area contributed by atoms with Crippen LogP contribution in [0.25, 0.3) is 0 Å². The van der Waals surface area contributed by atoms with Crippen molar-refractivity contribution in [3.63, 3.8) is 0 Å². The second-order valence-electron chi connectivity index (χ2n) is 4.20. The number of hydrogen-bond donors (Lipinski definition) is 3. The van der Waals surface area contributed by atoms with E-state index in [1.807, 2.05) is 6.07 Å². The van der Waals surface area contributed by atoms with Crippen molar-refractivity contribution in [1.82, 2.24) is 5.32 Å². The van der Waals surface area contributed by atoms with Crippen molar-refractivity contribution in [3.05, 3.63) is 34.1 Å². The molecule has 0 aliphatic heterocycles. The minimum absolute atomic E-state index is 0.0262. The van der Waals surface area contributed by atoms with Gasteiger partial charge in [-0.2, -0.15) is 0 Å². The molecule has 0 amide bonds. The summed E-state index contributed by atoms with van der Waals surface area (Å²) in [5, 5.41) is 12.0. The van der Waals surface area contributed by atoms with E-state index in [1.165, 1.54) is 6.07 Å². The first kappa shape index (κ1) is 15.6. The molecule has 0 saturated heterocycles. The first-order chi connectivity index (χ1) is 8.69. The van der Waals surface area contributed by atoms with Crippen molar-refractivity contribution < 1.29 is 9.50 Å². The first-order valence-electron chi connectivity index (χ1n) is 6.18. The molecular weight excluding hydrogens is 299 g/mol. The molecule has 0 bridgehead atoms. The van der Waals surface area contributed by atoms with E-state index in [-0.39, 0.29) is 18.5 Å². The fourth-order valence-corrected chi connectivity index (χ4v) is 2.00. The molecule has 0 heterocycles. The van der Waals surface area contributed by atoms with Crippen molar-refractivity contribution in [1.29, 1.82) is 0 Å². The smallest absolute Gasteiger partial charge is 0.137 e. The maximum absolute atomic E-state index is 13.4. The van der Waals surface area contributed by atoms with Gasteiger partial charge in [0.15, 0.2) is 0 Å². The first-order valence-corrected chi connectivity index (χ1v) is 6.97.